The molecular formula is C52H36N4S. The van der Waals surface area contributed by atoms with Crippen LogP contribution in [-0.4, -0.2) is 9.13 Å². The molecule has 0 radical (unpaired) electrons. The zero-order valence-corrected chi connectivity index (χ0v) is 31.7. The monoisotopic (exact) mass is 748 g/mol. The Balaban J connectivity index is 1.02. The van der Waals surface area contributed by atoms with Gasteiger partial charge in [0.25, 0.3) is 0 Å². The van der Waals surface area contributed by atoms with Crippen LogP contribution in [0.4, 0.5) is 5.69 Å². The van der Waals surface area contributed by atoms with Crippen molar-refractivity contribution in [1.29, 1.82) is 0 Å². The first-order valence-corrected chi connectivity index (χ1v) is 20.4. The van der Waals surface area contributed by atoms with E-state index < -0.39 is 0 Å². The molecule has 1 aliphatic heterocycles. The van der Waals surface area contributed by atoms with Gasteiger partial charge >= 0.3 is 0 Å². The number of thiophene rings is 1. The molecule has 3 aromatic heterocycles. The average Bonchev–Trinajstić information content (AvgIpc) is 3.94. The van der Waals surface area contributed by atoms with E-state index in [1.54, 1.807) is 0 Å². The number of hydrogen-bond donors (Lipinski definition) is 2. The molecule has 0 aliphatic carbocycles. The summed E-state index contributed by atoms with van der Waals surface area (Å²) >= 11 is 1.87. The summed E-state index contributed by atoms with van der Waals surface area (Å²) in [5, 5.41) is 14.3. The van der Waals surface area contributed by atoms with Crippen molar-refractivity contribution >= 4 is 70.7 Å². The summed E-state index contributed by atoms with van der Waals surface area (Å²) in [5.74, 6) is 0. The lowest BCUT2D eigenvalue weighted by molar-refractivity contribution is 0.422. The largest absolute Gasteiger partial charge is 0.351 e. The minimum Gasteiger partial charge on any atom is -0.351 e. The zero-order chi connectivity index (χ0) is 37.5. The van der Waals surface area contributed by atoms with Crippen molar-refractivity contribution in [3.05, 3.63) is 205 Å². The van der Waals surface area contributed by atoms with E-state index in [1.165, 1.54) is 92.1 Å². The van der Waals surface area contributed by atoms with Gasteiger partial charge in [-0.25, -0.2) is 0 Å². The van der Waals surface area contributed by atoms with E-state index in [0.29, 0.717) is 0 Å². The molecule has 4 heterocycles. The van der Waals surface area contributed by atoms with Crippen LogP contribution < -0.4 is 10.6 Å². The Morgan fingerprint density at radius 2 is 1.04 bits per heavy atom. The summed E-state index contributed by atoms with van der Waals surface area (Å²) in [4.78, 5) is 1.32. The minimum absolute atomic E-state index is 0.0392. The van der Waals surface area contributed by atoms with Crippen molar-refractivity contribution in [2.75, 3.05) is 5.32 Å². The quantitative estimate of drug-likeness (QED) is 0.184. The van der Waals surface area contributed by atoms with Crippen molar-refractivity contribution in [2.24, 2.45) is 0 Å². The summed E-state index contributed by atoms with van der Waals surface area (Å²) in [7, 11) is 0. The number of aromatic nitrogens is 2. The van der Waals surface area contributed by atoms with Crippen LogP contribution in [0.15, 0.2) is 194 Å². The van der Waals surface area contributed by atoms with Gasteiger partial charge in [0.2, 0.25) is 0 Å². The van der Waals surface area contributed by atoms with Crippen LogP contribution in [0.2, 0.25) is 0 Å². The summed E-state index contributed by atoms with van der Waals surface area (Å²) in [6.07, 6.45) is -0.189. The maximum Gasteiger partial charge on any atom is 0.160 e. The number of para-hydroxylation sites is 2. The van der Waals surface area contributed by atoms with Crippen LogP contribution in [0.25, 0.3) is 81.6 Å². The molecule has 0 saturated heterocycles. The predicted octanol–water partition coefficient (Wildman–Crippen LogP) is 13.7. The fourth-order valence-electron chi connectivity index (χ4n) is 9.20. The van der Waals surface area contributed by atoms with Gasteiger partial charge < -0.3 is 14.5 Å². The second-order valence-electron chi connectivity index (χ2n) is 15.0. The van der Waals surface area contributed by atoms with E-state index in [9.17, 15) is 0 Å². The third kappa shape index (κ3) is 5.10. The van der Waals surface area contributed by atoms with E-state index >= 15 is 0 Å². The topological polar surface area (TPSA) is 33.9 Å². The first-order chi connectivity index (χ1) is 28.3. The molecule has 4 nitrogen and oxygen atoms in total. The van der Waals surface area contributed by atoms with Gasteiger partial charge in [0.05, 0.1) is 38.7 Å². The summed E-state index contributed by atoms with van der Waals surface area (Å²) in [6.45, 7) is 0. The van der Waals surface area contributed by atoms with Gasteiger partial charge in [0.1, 0.15) is 0 Å². The number of fused-ring (bicyclic) bond motifs is 9. The van der Waals surface area contributed by atoms with Gasteiger partial charge in [-0.05, 0) is 76.3 Å². The van der Waals surface area contributed by atoms with Gasteiger partial charge in [-0.3, -0.25) is 5.32 Å². The van der Waals surface area contributed by atoms with Crippen LogP contribution in [0.3, 0.4) is 0 Å². The molecule has 11 aromatic rings. The molecule has 0 saturated carbocycles. The zero-order valence-electron chi connectivity index (χ0n) is 30.9. The molecule has 2 N–H and O–H groups in total. The van der Waals surface area contributed by atoms with Crippen molar-refractivity contribution < 1.29 is 0 Å². The molecule has 2 atom stereocenters. The third-order valence-corrected chi connectivity index (χ3v) is 13.0. The maximum absolute atomic E-state index is 4.07. The van der Waals surface area contributed by atoms with Crippen LogP contribution in [0, 0.1) is 0 Å². The SMILES string of the molecule is c1ccc(-c2cccc(-n3c4ccccc4c4cc(-c5ccc6c7ccccc7n(C7Nc8c(sc9ccccc89)C(c8ccccc8)N7)c6c5)ccc43)c2)cc1. The Morgan fingerprint density at radius 1 is 0.421 bits per heavy atom. The van der Waals surface area contributed by atoms with Crippen LogP contribution in [0.1, 0.15) is 22.8 Å². The fourth-order valence-corrected chi connectivity index (χ4v) is 10.5. The standard InChI is InChI=1S/C52H36N4S/c1-3-14-33(15-4-1)35-18-13-19-38(30-35)55-44-23-10-8-21-40(44)43-31-36(27-29-46(43)55)37-26-28-41-39-20-7-11-24-45(39)56(47(41)32-37)52-53-49(34-16-5-2-6-17-34)51-50(54-52)42-22-9-12-25-48(42)57-51/h1-32,49,52-54H. The first kappa shape index (κ1) is 32.3. The Bertz CT molecular complexity index is 3320. The lowest BCUT2D eigenvalue weighted by Gasteiger charge is -2.35. The highest BCUT2D eigenvalue weighted by Crippen LogP contribution is 2.47. The number of anilines is 1. The second kappa shape index (κ2) is 12.8. The molecule has 0 fully saturated rings. The smallest absolute Gasteiger partial charge is 0.160 e. The van der Waals surface area contributed by atoms with Crippen molar-refractivity contribution in [3.63, 3.8) is 0 Å². The van der Waals surface area contributed by atoms with Crippen molar-refractivity contribution in [3.8, 4) is 27.9 Å². The summed E-state index contributed by atoms with van der Waals surface area (Å²) in [6, 6.07) is 70.8. The van der Waals surface area contributed by atoms with E-state index in [4.69, 9.17) is 0 Å². The molecule has 5 heteroatoms. The highest BCUT2D eigenvalue weighted by atomic mass is 32.1. The summed E-state index contributed by atoms with van der Waals surface area (Å²) in [5.41, 5.74) is 13.2. The van der Waals surface area contributed by atoms with Gasteiger partial charge in [0, 0.05) is 37.3 Å². The predicted molar refractivity (Wildman–Crippen MR) is 241 cm³/mol. The van der Waals surface area contributed by atoms with Crippen molar-refractivity contribution in [1.82, 2.24) is 14.5 Å². The Morgan fingerprint density at radius 3 is 1.88 bits per heavy atom. The molecule has 0 spiro atoms. The van der Waals surface area contributed by atoms with Crippen LogP contribution >= 0.6 is 11.3 Å². The molecule has 270 valence electrons. The highest BCUT2D eigenvalue weighted by Gasteiger charge is 2.32. The van der Waals surface area contributed by atoms with Crippen LogP contribution in [-0.2, 0) is 0 Å². The van der Waals surface area contributed by atoms with E-state index in [1.807, 2.05) is 11.3 Å². The second-order valence-corrected chi connectivity index (χ2v) is 16.1. The molecule has 12 rings (SSSR count). The molecular weight excluding hydrogens is 713 g/mol. The fraction of sp³-hybridized carbons (Fsp3) is 0.0385. The molecule has 0 bridgehead atoms. The average molecular weight is 749 g/mol. The first-order valence-electron chi connectivity index (χ1n) is 19.6. The number of nitrogens with one attached hydrogen (secondary N) is 2. The molecule has 0 amide bonds. The number of nitrogens with zero attached hydrogens (tertiary/aromatic N) is 2. The van der Waals surface area contributed by atoms with Gasteiger partial charge in [-0.1, -0.05) is 146 Å². The highest BCUT2D eigenvalue weighted by molar-refractivity contribution is 7.20. The van der Waals surface area contributed by atoms with Crippen molar-refractivity contribution in [2.45, 2.75) is 12.3 Å². The number of hydrogen-bond acceptors (Lipinski definition) is 3. The Hall–Kier alpha value is -6.92. The lowest BCUT2D eigenvalue weighted by atomic mass is 10.0. The van der Waals surface area contributed by atoms with Gasteiger partial charge in [-0.15, -0.1) is 11.3 Å². The number of rotatable bonds is 5. The van der Waals surface area contributed by atoms with Gasteiger partial charge in [0.15, 0.2) is 6.29 Å². The molecule has 2 unspecified atom stereocenters. The Kier molecular flexibility index (Phi) is 7.27. The maximum atomic E-state index is 4.07. The minimum atomic E-state index is -0.189. The molecule has 57 heavy (non-hydrogen) atoms. The summed E-state index contributed by atoms with van der Waals surface area (Å²) < 4.78 is 6.18. The number of benzene rings is 8. The molecule has 8 aromatic carbocycles. The van der Waals surface area contributed by atoms with E-state index in [-0.39, 0.29) is 12.3 Å². The van der Waals surface area contributed by atoms with Crippen LogP contribution in [0.5, 0.6) is 0 Å². The lowest BCUT2D eigenvalue weighted by Crippen LogP contribution is -2.39. The normalized spacial score (nSPS) is 15.4. The van der Waals surface area contributed by atoms with Gasteiger partial charge in [-0.2, -0.15) is 0 Å². The molecule has 1 aliphatic rings. The van der Waals surface area contributed by atoms with E-state index in [2.05, 4.69) is 214 Å². The third-order valence-electron chi connectivity index (χ3n) is 11.8. The van der Waals surface area contributed by atoms with E-state index in [0.717, 1.165) is 5.69 Å². The Labute approximate surface area is 333 Å².